The van der Waals surface area contributed by atoms with Crippen LogP contribution in [0.1, 0.15) is 13.3 Å². The van der Waals surface area contributed by atoms with E-state index in [4.69, 9.17) is 0 Å². The van der Waals surface area contributed by atoms with Crippen LogP contribution < -0.4 is 5.32 Å². The SMILES string of the molecule is CC1CC(=O)N(C)CN1. The van der Waals surface area contributed by atoms with E-state index in [9.17, 15) is 4.79 Å². The molecule has 0 spiro atoms. The van der Waals surface area contributed by atoms with Crippen LogP contribution in [-0.2, 0) is 4.79 Å². The third-order valence-corrected chi connectivity index (χ3v) is 1.58. The molecule has 0 radical (unpaired) electrons. The second-order valence-corrected chi connectivity index (χ2v) is 2.56. The number of carbonyl (C=O) groups excluding carboxylic acids is 1. The number of rotatable bonds is 0. The molecule has 1 atom stereocenters. The maximum atomic E-state index is 10.9. The van der Waals surface area contributed by atoms with Gasteiger partial charge in [-0.1, -0.05) is 0 Å². The summed E-state index contributed by atoms with van der Waals surface area (Å²) in [4.78, 5) is 12.6. The quantitative estimate of drug-likeness (QED) is 0.489. The lowest BCUT2D eigenvalue weighted by atomic mass is 10.2. The molecule has 1 aliphatic heterocycles. The highest BCUT2D eigenvalue weighted by molar-refractivity contribution is 5.77. The van der Waals surface area contributed by atoms with Gasteiger partial charge in [0.1, 0.15) is 0 Å². The van der Waals surface area contributed by atoms with Crippen LogP contribution in [0.3, 0.4) is 0 Å². The zero-order valence-corrected chi connectivity index (χ0v) is 5.85. The van der Waals surface area contributed by atoms with E-state index in [0.717, 1.165) is 0 Å². The van der Waals surface area contributed by atoms with Gasteiger partial charge in [0.15, 0.2) is 0 Å². The first-order chi connectivity index (χ1) is 4.20. The topological polar surface area (TPSA) is 32.3 Å². The number of nitrogens with one attached hydrogen (secondary N) is 1. The molecule has 0 bridgehead atoms. The Morgan fingerprint density at radius 3 is 2.89 bits per heavy atom. The monoisotopic (exact) mass is 128 g/mol. The summed E-state index contributed by atoms with van der Waals surface area (Å²) in [6.07, 6.45) is 0.635. The van der Waals surface area contributed by atoms with Crippen molar-refractivity contribution in [3.63, 3.8) is 0 Å². The smallest absolute Gasteiger partial charge is 0.224 e. The fourth-order valence-electron chi connectivity index (χ4n) is 0.871. The van der Waals surface area contributed by atoms with Crippen molar-refractivity contribution in [1.82, 2.24) is 10.2 Å². The maximum Gasteiger partial charge on any atom is 0.224 e. The van der Waals surface area contributed by atoms with Crippen LogP contribution in [-0.4, -0.2) is 30.6 Å². The van der Waals surface area contributed by atoms with Crippen molar-refractivity contribution in [3.8, 4) is 0 Å². The first-order valence-corrected chi connectivity index (χ1v) is 3.17. The molecule has 1 heterocycles. The molecule has 52 valence electrons. The molecule has 3 heteroatoms. The highest BCUT2D eigenvalue weighted by atomic mass is 16.2. The van der Waals surface area contributed by atoms with Gasteiger partial charge in [0.25, 0.3) is 0 Å². The molecule has 1 amide bonds. The normalized spacial score (nSPS) is 28.9. The molecule has 1 rings (SSSR count). The Hall–Kier alpha value is -0.570. The summed E-state index contributed by atoms with van der Waals surface area (Å²) in [6.45, 7) is 2.71. The summed E-state index contributed by atoms with van der Waals surface area (Å²) in [5.74, 6) is 0.237. The third-order valence-electron chi connectivity index (χ3n) is 1.58. The van der Waals surface area contributed by atoms with Gasteiger partial charge in [-0.15, -0.1) is 0 Å². The Kier molecular flexibility index (Phi) is 1.71. The van der Waals surface area contributed by atoms with Gasteiger partial charge in [-0.25, -0.2) is 0 Å². The van der Waals surface area contributed by atoms with Crippen LogP contribution in [0.15, 0.2) is 0 Å². The average molecular weight is 128 g/mol. The van der Waals surface area contributed by atoms with E-state index in [-0.39, 0.29) is 5.91 Å². The van der Waals surface area contributed by atoms with Crippen molar-refractivity contribution >= 4 is 5.91 Å². The molecule has 3 nitrogen and oxygen atoms in total. The van der Waals surface area contributed by atoms with Crippen LogP contribution >= 0.6 is 0 Å². The van der Waals surface area contributed by atoms with E-state index in [1.807, 2.05) is 6.92 Å². The van der Waals surface area contributed by atoms with Gasteiger partial charge in [0, 0.05) is 19.5 Å². The Morgan fingerprint density at radius 1 is 1.78 bits per heavy atom. The van der Waals surface area contributed by atoms with E-state index < -0.39 is 0 Å². The Balaban J connectivity index is 2.44. The van der Waals surface area contributed by atoms with Crippen molar-refractivity contribution in [2.45, 2.75) is 19.4 Å². The Labute approximate surface area is 55.0 Å². The molecule has 9 heavy (non-hydrogen) atoms. The highest BCUT2D eigenvalue weighted by Gasteiger charge is 2.17. The number of carbonyl (C=O) groups is 1. The van der Waals surface area contributed by atoms with Gasteiger partial charge in [-0.2, -0.15) is 0 Å². The molecule has 1 saturated heterocycles. The number of hydrogen-bond donors (Lipinski definition) is 1. The van der Waals surface area contributed by atoms with Gasteiger partial charge in [0.05, 0.1) is 6.67 Å². The van der Waals surface area contributed by atoms with Crippen molar-refractivity contribution in [3.05, 3.63) is 0 Å². The van der Waals surface area contributed by atoms with E-state index >= 15 is 0 Å². The van der Waals surface area contributed by atoms with Crippen LogP contribution in [0.5, 0.6) is 0 Å². The van der Waals surface area contributed by atoms with Gasteiger partial charge in [-0.05, 0) is 6.92 Å². The number of hydrogen-bond acceptors (Lipinski definition) is 2. The fraction of sp³-hybridized carbons (Fsp3) is 0.833. The van der Waals surface area contributed by atoms with Gasteiger partial charge < -0.3 is 4.90 Å². The van der Waals surface area contributed by atoms with Crippen molar-refractivity contribution in [2.24, 2.45) is 0 Å². The highest BCUT2D eigenvalue weighted by Crippen LogP contribution is 2.00. The summed E-state index contributed by atoms with van der Waals surface area (Å²) in [7, 11) is 1.81. The average Bonchev–Trinajstić information content (AvgIpc) is 1.80. The summed E-state index contributed by atoms with van der Waals surface area (Å²) >= 11 is 0. The molecule has 0 aromatic rings. The Bertz CT molecular complexity index is 124. The lowest BCUT2D eigenvalue weighted by Gasteiger charge is -2.27. The second kappa shape index (κ2) is 2.35. The predicted octanol–water partition coefficient (Wildman–Crippen LogP) is -0.216. The lowest BCUT2D eigenvalue weighted by molar-refractivity contribution is -0.133. The molecule has 0 aromatic carbocycles. The minimum atomic E-state index is 0.237. The van der Waals surface area contributed by atoms with Crippen LogP contribution in [0, 0.1) is 0 Å². The van der Waals surface area contributed by atoms with Crippen LogP contribution in [0.25, 0.3) is 0 Å². The third kappa shape index (κ3) is 1.42. The zero-order chi connectivity index (χ0) is 6.85. The first kappa shape index (κ1) is 6.55. The van der Waals surface area contributed by atoms with Crippen LogP contribution in [0.2, 0.25) is 0 Å². The van der Waals surface area contributed by atoms with Gasteiger partial charge in [-0.3, -0.25) is 10.1 Å². The van der Waals surface area contributed by atoms with Crippen molar-refractivity contribution in [1.29, 1.82) is 0 Å². The largest absolute Gasteiger partial charge is 0.333 e. The molecule has 0 aliphatic carbocycles. The number of nitrogens with zero attached hydrogens (tertiary/aromatic N) is 1. The molecule has 1 aliphatic rings. The van der Waals surface area contributed by atoms with Crippen molar-refractivity contribution in [2.75, 3.05) is 13.7 Å². The fourth-order valence-corrected chi connectivity index (χ4v) is 0.871. The lowest BCUT2D eigenvalue weighted by Crippen LogP contribution is -2.47. The molecular weight excluding hydrogens is 116 g/mol. The first-order valence-electron chi connectivity index (χ1n) is 3.17. The zero-order valence-electron chi connectivity index (χ0n) is 5.85. The minimum Gasteiger partial charge on any atom is -0.333 e. The van der Waals surface area contributed by atoms with E-state index in [2.05, 4.69) is 5.32 Å². The summed E-state index contributed by atoms with van der Waals surface area (Å²) < 4.78 is 0. The molecule has 0 saturated carbocycles. The standard InChI is InChI=1S/C6H12N2O/c1-5-3-6(9)8(2)4-7-5/h5,7H,3-4H2,1-2H3. The van der Waals surface area contributed by atoms with Gasteiger partial charge >= 0.3 is 0 Å². The minimum absolute atomic E-state index is 0.237. The van der Waals surface area contributed by atoms with Crippen LogP contribution in [0.4, 0.5) is 0 Å². The molecule has 1 fully saturated rings. The molecule has 0 aromatic heterocycles. The van der Waals surface area contributed by atoms with Crippen molar-refractivity contribution < 1.29 is 4.79 Å². The van der Waals surface area contributed by atoms with Gasteiger partial charge in [0.2, 0.25) is 5.91 Å². The second-order valence-electron chi connectivity index (χ2n) is 2.56. The Morgan fingerprint density at radius 2 is 2.44 bits per heavy atom. The van der Waals surface area contributed by atoms with E-state index in [1.54, 1.807) is 11.9 Å². The molecular formula is C6H12N2O. The predicted molar refractivity (Wildman–Crippen MR) is 34.9 cm³/mol. The molecule has 1 N–H and O–H groups in total. The summed E-state index contributed by atoms with van der Waals surface area (Å²) in [5.41, 5.74) is 0. The summed E-state index contributed by atoms with van der Waals surface area (Å²) in [6, 6.07) is 0.355. The maximum absolute atomic E-state index is 10.9. The van der Waals surface area contributed by atoms with E-state index in [1.165, 1.54) is 0 Å². The molecule has 1 unspecified atom stereocenters. The number of amides is 1. The van der Waals surface area contributed by atoms with E-state index in [0.29, 0.717) is 19.1 Å². The summed E-state index contributed by atoms with van der Waals surface area (Å²) in [5, 5.41) is 3.17.